The average Bonchev–Trinajstić information content (AvgIpc) is 2.91. The molecular formula is C22H23NO3. The number of benzene rings is 2. The maximum Gasteiger partial charge on any atom is 0.237 e. The van der Waals surface area contributed by atoms with Crippen molar-refractivity contribution in [3.8, 4) is 5.75 Å². The summed E-state index contributed by atoms with van der Waals surface area (Å²) in [5.74, 6) is 0.895. The highest BCUT2D eigenvalue weighted by molar-refractivity contribution is 6.22. The van der Waals surface area contributed by atoms with Gasteiger partial charge in [0.1, 0.15) is 12.4 Å². The van der Waals surface area contributed by atoms with E-state index in [0.717, 1.165) is 30.6 Å². The van der Waals surface area contributed by atoms with Crippen LogP contribution in [0, 0.1) is 17.8 Å². The molecular weight excluding hydrogens is 326 g/mol. The van der Waals surface area contributed by atoms with Crippen LogP contribution in [0.15, 0.2) is 54.6 Å². The van der Waals surface area contributed by atoms with Gasteiger partial charge in [-0.3, -0.25) is 14.5 Å². The molecule has 0 spiro atoms. The predicted molar refractivity (Wildman–Crippen MR) is 99.7 cm³/mol. The maximum absolute atomic E-state index is 12.8. The zero-order valence-electron chi connectivity index (χ0n) is 14.9. The second kappa shape index (κ2) is 6.94. The highest BCUT2D eigenvalue weighted by Gasteiger charge is 2.49. The molecule has 2 aromatic rings. The van der Waals surface area contributed by atoms with Crippen molar-refractivity contribution >= 4 is 17.5 Å². The van der Waals surface area contributed by atoms with E-state index in [-0.39, 0.29) is 23.7 Å². The Kier molecular flexibility index (Phi) is 4.49. The number of carbonyl (C=O) groups is 2. The molecule has 0 bridgehead atoms. The number of carbonyl (C=O) groups excluding carboxylic acids is 2. The van der Waals surface area contributed by atoms with Gasteiger partial charge < -0.3 is 4.74 Å². The average molecular weight is 349 g/mol. The summed E-state index contributed by atoms with van der Waals surface area (Å²) >= 11 is 0. The van der Waals surface area contributed by atoms with Gasteiger partial charge in [-0.05, 0) is 55.0 Å². The molecule has 0 aromatic heterocycles. The molecule has 26 heavy (non-hydrogen) atoms. The number of amides is 2. The molecule has 1 saturated heterocycles. The van der Waals surface area contributed by atoms with Gasteiger partial charge in [-0.2, -0.15) is 0 Å². The summed E-state index contributed by atoms with van der Waals surface area (Å²) < 4.78 is 5.78. The molecule has 4 rings (SSSR count). The van der Waals surface area contributed by atoms with Crippen LogP contribution in [0.1, 0.15) is 31.7 Å². The smallest absolute Gasteiger partial charge is 0.237 e. The first-order valence-electron chi connectivity index (χ1n) is 9.28. The molecule has 1 aliphatic heterocycles. The van der Waals surface area contributed by atoms with Crippen LogP contribution in [0.2, 0.25) is 0 Å². The SMILES string of the molecule is C[C@H]1CC[C@H]2C(=O)N(c3ccc(OCc4ccccc4)cc3)C(=O)[C@@H]2C1. The van der Waals surface area contributed by atoms with Gasteiger partial charge in [0.25, 0.3) is 0 Å². The quantitative estimate of drug-likeness (QED) is 0.778. The van der Waals surface area contributed by atoms with Gasteiger partial charge in [0, 0.05) is 0 Å². The highest BCUT2D eigenvalue weighted by atomic mass is 16.5. The zero-order valence-corrected chi connectivity index (χ0v) is 14.9. The van der Waals surface area contributed by atoms with Gasteiger partial charge in [0.05, 0.1) is 17.5 Å². The Balaban J connectivity index is 1.46. The minimum Gasteiger partial charge on any atom is -0.489 e. The molecule has 2 amide bonds. The second-order valence-electron chi connectivity index (χ2n) is 7.41. The minimum atomic E-state index is -0.139. The van der Waals surface area contributed by atoms with E-state index in [2.05, 4.69) is 6.92 Å². The van der Waals surface area contributed by atoms with Crippen molar-refractivity contribution in [1.29, 1.82) is 0 Å². The van der Waals surface area contributed by atoms with Gasteiger partial charge in [0.2, 0.25) is 11.8 Å². The summed E-state index contributed by atoms with van der Waals surface area (Å²) in [5.41, 5.74) is 1.74. The first-order chi connectivity index (χ1) is 12.6. The number of ether oxygens (including phenoxy) is 1. The minimum absolute atomic E-state index is 0.0372. The van der Waals surface area contributed by atoms with E-state index in [1.54, 1.807) is 12.1 Å². The third-order valence-corrected chi connectivity index (χ3v) is 5.53. The molecule has 1 aliphatic carbocycles. The van der Waals surface area contributed by atoms with Crippen LogP contribution in [-0.2, 0) is 16.2 Å². The van der Waals surface area contributed by atoms with E-state index >= 15 is 0 Å². The summed E-state index contributed by atoms with van der Waals surface area (Å²) in [6, 6.07) is 17.2. The Labute approximate surface area is 153 Å². The van der Waals surface area contributed by atoms with E-state index < -0.39 is 0 Å². The van der Waals surface area contributed by atoms with Crippen LogP contribution in [0.4, 0.5) is 5.69 Å². The molecule has 0 unspecified atom stereocenters. The fourth-order valence-corrected chi connectivity index (χ4v) is 4.08. The Morgan fingerprint density at radius 2 is 1.62 bits per heavy atom. The molecule has 4 heteroatoms. The lowest BCUT2D eigenvalue weighted by Crippen LogP contribution is -2.30. The number of imide groups is 1. The van der Waals surface area contributed by atoms with Crippen LogP contribution in [0.5, 0.6) is 5.75 Å². The first-order valence-corrected chi connectivity index (χ1v) is 9.28. The first kappa shape index (κ1) is 16.8. The van der Waals surface area contributed by atoms with Gasteiger partial charge >= 0.3 is 0 Å². The van der Waals surface area contributed by atoms with E-state index in [1.807, 2.05) is 42.5 Å². The van der Waals surface area contributed by atoms with Gasteiger partial charge in [-0.25, -0.2) is 0 Å². The molecule has 1 heterocycles. The lowest BCUT2D eigenvalue weighted by Gasteiger charge is -2.25. The molecule has 2 aliphatic rings. The van der Waals surface area contributed by atoms with Crippen LogP contribution >= 0.6 is 0 Å². The third-order valence-electron chi connectivity index (χ3n) is 5.53. The molecule has 0 radical (unpaired) electrons. The van der Waals surface area contributed by atoms with Crippen molar-refractivity contribution in [1.82, 2.24) is 0 Å². The van der Waals surface area contributed by atoms with Crippen molar-refractivity contribution in [2.45, 2.75) is 32.8 Å². The second-order valence-corrected chi connectivity index (χ2v) is 7.41. The number of fused-ring (bicyclic) bond motifs is 1. The van der Waals surface area contributed by atoms with Crippen LogP contribution in [-0.4, -0.2) is 11.8 Å². The van der Waals surface area contributed by atoms with Crippen molar-refractivity contribution in [2.24, 2.45) is 17.8 Å². The monoisotopic (exact) mass is 349 g/mol. The summed E-state index contributed by atoms with van der Waals surface area (Å²) in [6.45, 7) is 2.65. The zero-order chi connectivity index (χ0) is 18.1. The predicted octanol–water partition coefficient (Wildman–Crippen LogP) is 4.19. The Morgan fingerprint density at radius 3 is 2.35 bits per heavy atom. The van der Waals surface area contributed by atoms with E-state index in [9.17, 15) is 9.59 Å². The fraction of sp³-hybridized carbons (Fsp3) is 0.364. The fourth-order valence-electron chi connectivity index (χ4n) is 4.08. The molecule has 3 atom stereocenters. The van der Waals surface area contributed by atoms with Crippen LogP contribution in [0.3, 0.4) is 0 Å². The summed E-state index contributed by atoms with van der Waals surface area (Å²) in [6.07, 6.45) is 2.68. The largest absolute Gasteiger partial charge is 0.489 e. The molecule has 134 valence electrons. The number of nitrogens with zero attached hydrogens (tertiary/aromatic N) is 1. The van der Waals surface area contributed by atoms with Gasteiger partial charge in [-0.1, -0.05) is 37.3 Å². The third kappa shape index (κ3) is 3.12. The molecule has 4 nitrogen and oxygen atoms in total. The lowest BCUT2D eigenvalue weighted by atomic mass is 9.76. The van der Waals surface area contributed by atoms with Crippen molar-refractivity contribution in [3.63, 3.8) is 0 Å². The molecule has 2 aromatic carbocycles. The Morgan fingerprint density at radius 1 is 0.923 bits per heavy atom. The topological polar surface area (TPSA) is 46.6 Å². The maximum atomic E-state index is 12.8. The number of hydrogen-bond donors (Lipinski definition) is 0. The molecule has 1 saturated carbocycles. The number of hydrogen-bond acceptors (Lipinski definition) is 3. The Bertz CT molecular complexity index is 800. The highest BCUT2D eigenvalue weighted by Crippen LogP contribution is 2.42. The van der Waals surface area contributed by atoms with Crippen molar-refractivity contribution in [3.05, 3.63) is 60.2 Å². The van der Waals surface area contributed by atoms with E-state index in [0.29, 0.717) is 18.2 Å². The van der Waals surface area contributed by atoms with Crippen molar-refractivity contribution < 1.29 is 14.3 Å². The number of anilines is 1. The van der Waals surface area contributed by atoms with Gasteiger partial charge in [0.15, 0.2) is 0 Å². The number of rotatable bonds is 4. The van der Waals surface area contributed by atoms with E-state index in [4.69, 9.17) is 4.74 Å². The van der Waals surface area contributed by atoms with Gasteiger partial charge in [-0.15, -0.1) is 0 Å². The van der Waals surface area contributed by atoms with Crippen LogP contribution < -0.4 is 9.64 Å². The molecule has 0 N–H and O–H groups in total. The summed E-state index contributed by atoms with van der Waals surface area (Å²) in [7, 11) is 0. The lowest BCUT2D eigenvalue weighted by molar-refractivity contribution is -0.122. The Hall–Kier alpha value is -2.62. The normalized spacial score (nSPS) is 25.3. The standard InChI is InChI=1S/C22H23NO3/c1-15-7-12-19-20(13-15)22(25)23(21(19)24)17-8-10-18(11-9-17)26-14-16-5-3-2-4-6-16/h2-6,8-11,15,19-20H,7,12-14H2,1H3/t15-,19+,20+/m0/s1. The summed E-state index contributed by atoms with van der Waals surface area (Å²) in [5, 5.41) is 0. The van der Waals surface area contributed by atoms with Crippen molar-refractivity contribution in [2.75, 3.05) is 4.90 Å². The van der Waals surface area contributed by atoms with E-state index in [1.165, 1.54) is 4.90 Å². The van der Waals surface area contributed by atoms with Crippen LogP contribution in [0.25, 0.3) is 0 Å². The molecule has 2 fully saturated rings. The summed E-state index contributed by atoms with van der Waals surface area (Å²) in [4.78, 5) is 26.9.